The van der Waals surface area contributed by atoms with Gasteiger partial charge < -0.3 is 34.6 Å². The van der Waals surface area contributed by atoms with Crippen LogP contribution in [0.5, 0.6) is 0 Å². The summed E-state index contributed by atoms with van der Waals surface area (Å²) in [5.41, 5.74) is 9.08. The molecular formula is C59H76N16O6. The van der Waals surface area contributed by atoms with Crippen molar-refractivity contribution in [3.8, 4) is 22.5 Å². The molecule has 0 unspecified atom stereocenters. The van der Waals surface area contributed by atoms with Crippen molar-refractivity contribution in [2.45, 2.75) is 136 Å². The number of ether oxygens (including phenoxy) is 1. The van der Waals surface area contributed by atoms with Crippen molar-refractivity contribution in [1.29, 1.82) is 0 Å². The number of Topliss-reactive ketones (excluding diaryl/α,β-unsaturated/α-hetero) is 2. The van der Waals surface area contributed by atoms with Crippen LogP contribution >= 0.6 is 0 Å². The van der Waals surface area contributed by atoms with Crippen LogP contribution in [0.15, 0.2) is 94.5 Å². The number of rotatable bonds is 14. The Morgan fingerprint density at radius 2 is 1.21 bits per heavy atom. The zero-order valence-corrected chi connectivity index (χ0v) is 47.3. The van der Waals surface area contributed by atoms with Crippen LogP contribution in [0.4, 0.5) is 23.3 Å². The molecule has 1 fully saturated rings. The van der Waals surface area contributed by atoms with Crippen LogP contribution in [0.25, 0.3) is 22.5 Å². The summed E-state index contributed by atoms with van der Waals surface area (Å²) < 4.78 is 19.6. The van der Waals surface area contributed by atoms with Gasteiger partial charge in [0.25, 0.3) is 11.8 Å². The molecule has 0 saturated carbocycles. The number of carbonyl (C=O) groups is 2. The highest BCUT2D eigenvalue weighted by molar-refractivity contribution is 5.92. The van der Waals surface area contributed by atoms with Crippen LogP contribution in [0, 0.1) is 0 Å². The number of hydrogen-bond donors (Lipinski definition) is 4. The van der Waals surface area contributed by atoms with Crippen molar-refractivity contribution in [2.24, 2.45) is 14.1 Å². The van der Waals surface area contributed by atoms with Crippen LogP contribution in [0.1, 0.15) is 156 Å². The maximum absolute atomic E-state index is 13.2. The summed E-state index contributed by atoms with van der Waals surface area (Å²) in [5.74, 6) is 1.82. The van der Waals surface area contributed by atoms with E-state index in [0.717, 1.165) is 95.2 Å². The minimum Gasteiger partial charge on any atom is -0.418 e. The Morgan fingerprint density at radius 1 is 0.728 bits per heavy atom. The highest BCUT2D eigenvalue weighted by Gasteiger charge is 2.31. The van der Waals surface area contributed by atoms with E-state index in [9.17, 15) is 14.7 Å². The van der Waals surface area contributed by atoms with E-state index < -0.39 is 6.10 Å². The predicted octanol–water partition coefficient (Wildman–Crippen LogP) is 9.44. The highest BCUT2D eigenvalue weighted by Crippen LogP contribution is 2.36. The fourth-order valence-corrected chi connectivity index (χ4v) is 9.42. The van der Waals surface area contributed by atoms with Crippen LogP contribution in [0.2, 0.25) is 0 Å². The van der Waals surface area contributed by atoms with E-state index >= 15 is 0 Å². The molecule has 0 aliphatic carbocycles. The van der Waals surface area contributed by atoms with Crippen LogP contribution in [-0.4, -0.2) is 120 Å². The lowest BCUT2D eigenvalue weighted by Crippen LogP contribution is -2.30. The van der Waals surface area contributed by atoms with E-state index in [2.05, 4.69) is 104 Å². The second kappa shape index (κ2) is 25.7. The molecule has 2 aromatic carbocycles. The molecule has 3 aliphatic rings. The molecule has 1 saturated heterocycles. The van der Waals surface area contributed by atoms with Gasteiger partial charge in [-0.25, -0.2) is 19.9 Å². The number of aromatic nitrogens is 12. The van der Waals surface area contributed by atoms with Crippen LogP contribution in [-0.2, 0) is 42.8 Å². The van der Waals surface area contributed by atoms with E-state index in [1.54, 1.807) is 41.1 Å². The Labute approximate surface area is 473 Å². The minimum absolute atomic E-state index is 0. The third kappa shape index (κ3) is 15.9. The summed E-state index contributed by atoms with van der Waals surface area (Å²) >= 11 is 0. The van der Waals surface area contributed by atoms with Gasteiger partial charge in [-0.2, -0.15) is 10.2 Å². The van der Waals surface area contributed by atoms with E-state index in [0.29, 0.717) is 49.3 Å². The molecule has 0 spiro atoms. The second-order valence-electron chi connectivity index (χ2n) is 22.9. The van der Waals surface area contributed by atoms with Gasteiger partial charge in [0, 0.05) is 93.3 Å². The largest absolute Gasteiger partial charge is 0.418 e. The van der Waals surface area contributed by atoms with Crippen molar-refractivity contribution in [1.82, 2.24) is 70.1 Å². The molecule has 11 rings (SSSR count). The number of ketones is 2. The molecular weight excluding hydrogens is 1030 g/mol. The van der Waals surface area contributed by atoms with Crippen molar-refractivity contribution in [3.05, 3.63) is 132 Å². The maximum atomic E-state index is 13.2. The Balaban J connectivity index is 0.000000197. The summed E-state index contributed by atoms with van der Waals surface area (Å²) in [6.07, 6.45) is 13.0. The number of benzene rings is 2. The number of carbonyl (C=O) groups excluding carboxylic acids is 2. The first-order valence-corrected chi connectivity index (χ1v) is 27.1. The Morgan fingerprint density at radius 3 is 1.65 bits per heavy atom. The fourth-order valence-electron chi connectivity index (χ4n) is 9.42. The van der Waals surface area contributed by atoms with E-state index in [1.165, 1.54) is 0 Å². The molecule has 4 atom stereocenters. The fraction of sp³-hybridized carbons (Fsp3) is 0.458. The quantitative estimate of drug-likeness (QED) is 0.0583. The average molecular weight is 1110 g/mol. The molecule has 0 radical (unpaired) electrons. The van der Waals surface area contributed by atoms with Crippen molar-refractivity contribution in [2.75, 3.05) is 36.9 Å². The molecule has 4 N–H and O–H groups in total. The van der Waals surface area contributed by atoms with Crippen molar-refractivity contribution in [3.63, 3.8) is 0 Å². The number of fused-ring (bicyclic) bond motifs is 2. The van der Waals surface area contributed by atoms with Gasteiger partial charge in [0.05, 0.1) is 54.0 Å². The summed E-state index contributed by atoms with van der Waals surface area (Å²) in [6, 6.07) is 16.4. The SMILES string of the molecule is C.C[C@H](O)CN1CC[C@@H](CC(=O)c2nnc(C(C)(C)C)o2)c2ccc(-c3ccnc(Nc4cnn(C)c4)n3)cc2C1.C[C@H]1CO1.Cn1cc(Nc2nccc(-c3ccc4c(c3)CNCC[C@H]4CC(=O)c3nnc(C(C)(C)C)o3)n2)cn1. The molecule has 22 nitrogen and oxygen atoms in total. The predicted molar refractivity (Wildman–Crippen MR) is 307 cm³/mol. The number of aliphatic hydroxyl groups is 1. The molecule has 3 aliphatic heterocycles. The van der Waals surface area contributed by atoms with Gasteiger partial charge >= 0.3 is 0 Å². The van der Waals surface area contributed by atoms with Gasteiger partial charge in [0.1, 0.15) is 0 Å². The first kappa shape index (κ1) is 59.2. The minimum atomic E-state index is -0.456. The molecule has 22 heteroatoms. The summed E-state index contributed by atoms with van der Waals surface area (Å²) in [5, 5.41) is 44.5. The van der Waals surface area contributed by atoms with Crippen LogP contribution < -0.4 is 16.0 Å². The van der Waals surface area contributed by atoms with Gasteiger partial charge in [-0.3, -0.25) is 23.9 Å². The van der Waals surface area contributed by atoms with E-state index in [4.69, 9.17) is 18.6 Å². The van der Waals surface area contributed by atoms with Gasteiger partial charge in [0.15, 0.2) is 0 Å². The number of β-amino-alcohol motifs (C(OH)–C–C–N with tert-alkyl or cyclic N) is 1. The van der Waals surface area contributed by atoms with E-state index in [-0.39, 0.29) is 59.9 Å². The lowest BCUT2D eigenvalue weighted by atomic mass is 9.87. The molecule has 428 valence electrons. The molecule has 81 heavy (non-hydrogen) atoms. The third-order valence-electron chi connectivity index (χ3n) is 13.7. The Bertz CT molecular complexity index is 3400. The van der Waals surface area contributed by atoms with Crippen molar-refractivity contribution >= 4 is 34.8 Å². The third-order valence-corrected chi connectivity index (χ3v) is 13.7. The normalized spacial score (nSPS) is 17.3. The first-order chi connectivity index (χ1) is 38.2. The van der Waals surface area contributed by atoms with Gasteiger partial charge in [-0.15, -0.1) is 20.4 Å². The second-order valence-corrected chi connectivity index (χ2v) is 22.9. The topological polar surface area (TPSA) is 271 Å². The monoisotopic (exact) mass is 1100 g/mol. The average Bonchev–Trinajstić information content (AvgIpc) is 4.06. The number of anilines is 4. The number of aliphatic hydroxyl groups excluding tert-OH is 1. The lowest BCUT2D eigenvalue weighted by molar-refractivity contribution is 0.0925. The van der Waals surface area contributed by atoms with E-state index in [1.807, 2.05) is 86.2 Å². The summed E-state index contributed by atoms with van der Waals surface area (Å²) in [6.45, 7) is 20.2. The van der Waals surface area contributed by atoms with Gasteiger partial charge in [0.2, 0.25) is 35.2 Å². The molecule has 9 heterocycles. The maximum Gasteiger partial charge on any atom is 0.284 e. The molecule has 6 aromatic heterocycles. The first-order valence-electron chi connectivity index (χ1n) is 27.1. The number of nitrogens with one attached hydrogen (secondary N) is 3. The zero-order chi connectivity index (χ0) is 56.7. The summed E-state index contributed by atoms with van der Waals surface area (Å²) in [7, 11) is 3.71. The number of epoxide rings is 1. The molecule has 0 amide bonds. The van der Waals surface area contributed by atoms with Gasteiger partial charge in [-0.1, -0.05) is 73.2 Å². The van der Waals surface area contributed by atoms with Crippen molar-refractivity contribution < 1.29 is 28.3 Å². The zero-order valence-electron chi connectivity index (χ0n) is 47.3. The molecule has 0 bridgehead atoms. The summed E-state index contributed by atoms with van der Waals surface area (Å²) in [4.78, 5) is 46.6. The number of nitrogens with zero attached hydrogens (tertiary/aromatic N) is 13. The number of hydrogen-bond acceptors (Lipinski definition) is 20. The smallest absolute Gasteiger partial charge is 0.284 e. The number of aryl methyl sites for hydroxylation is 2. The lowest BCUT2D eigenvalue weighted by Gasteiger charge is -2.22. The van der Waals surface area contributed by atoms with Gasteiger partial charge in [-0.05, 0) is 98.1 Å². The Kier molecular flexibility index (Phi) is 18.8. The standard InChI is InChI=1S/C29H36N8O3.C26H30N8O2.C3H6O.CH4/c1-18(38)15-37-11-9-19(13-25(39)26-34-35-27(40-26)29(2,3)4)23-7-6-20(12-21(23)16-37)24-8-10-30-28(33-24)32-22-14-31-36(5)17-22;1-26(2,3)24-33-32-23(36-24)22(35)12-16-7-9-27-13-18-11-17(5-6-20(16)18)21-8-10-28-25(31-21)30-19-14-29-34(4)15-19;1-3-2-4-3;/h6-8,10,12,14,17-19,38H,9,11,13,15-16H2,1-5H3,(H,30,32,33);5-6,8,10-11,14-16,27H,7,9,12-13H2,1-4H3,(H,28,30,31);3H,2H2,1H3;1H4/t18-,19-;16-;3-;/m000./s1. The van der Waals surface area contributed by atoms with Crippen LogP contribution in [0.3, 0.4) is 0 Å². The highest BCUT2D eigenvalue weighted by atomic mass is 16.6. The molecule has 8 aromatic rings. The Hall–Kier alpha value is -7.92.